The van der Waals surface area contributed by atoms with Gasteiger partial charge in [0.2, 0.25) is 5.91 Å². The Kier molecular flexibility index (Phi) is 9.34. The number of para-hydroxylation sites is 1. The number of unbranched alkanes of at least 4 members (excludes halogenated alkanes) is 1. The van der Waals surface area contributed by atoms with Crippen LogP contribution in [0.15, 0.2) is 46.9 Å². The molecule has 2 aromatic rings. The lowest BCUT2D eigenvalue weighted by Gasteiger charge is -2.12. The van der Waals surface area contributed by atoms with Gasteiger partial charge in [0.15, 0.2) is 6.61 Å². The lowest BCUT2D eigenvalue weighted by molar-refractivity contribution is -0.126. The van der Waals surface area contributed by atoms with Crippen LogP contribution in [0, 0.1) is 6.92 Å². The van der Waals surface area contributed by atoms with E-state index in [-0.39, 0.29) is 12.5 Å². The molecule has 0 bridgehead atoms. The zero-order valence-corrected chi connectivity index (χ0v) is 18.7. The summed E-state index contributed by atoms with van der Waals surface area (Å²) in [4.78, 5) is 36.3. The molecule has 8 heteroatoms. The SMILES string of the molecule is CCCCNc1ccccc1C(=O)OCC(=O)NCC(=O)Nc1ccc(Br)cc1C. The summed E-state index contributed by atoms with van der Waals surface area (Å²) in [5.41, 5.74) is 2.59. The second-order valence-electron chi connectivity index (χ2n) is 6.69. The first-order chi connectivity index (χ1) is 14.4. The zero-order valence-electron chi connectivity index (χ0n) is 17.1. The second-order valence-corrected chi connectivity index (χ2v) is 7.60. The van der Waals surface area contributed by atoms with Gasteiger partial charge in [0, 0.05) is 22.4 Å². The highest BCUT2D eigenvalue weighted by molar-refractivity contribution is 9.10. The average Bonchev–Trinajstić information content (AvgIpc) is 2.73. The van der Waals surface area contributed by atoms with Crippen LogP contribution in [0.2, 0.25) is 0 Å². The molecule has 0 heterocycles. The lowest BCUT2D eigenvalue weighted by Crippen LogP contribution is -2.35. The van der Waals surface area contributed by atoms with Gasteiger partial charge in [0.05, 0.1) is 12.1 Å². The Bertz CT molecular complexity index is 902. The molecular weight excluding hydrogens is 450 g/mol. The van der Waals surface area contributed by atoms with E-state index in [2.05, 4.69) is 38.8 Å². The number of halogens is 1. The van der Waals surface area contributed by atoms with E-state index in [0.717, 1.165) is 29.4 Å². The van der Waals surface area contributed by atoms with Gasteiger partial charge in [-0.05, 0) is 49.2 Å². The number of aryl methyl sites for hydroxylation is 1. The first-order valence-corrected chi connectivity index (χ1v) is 10.5. The van der Waals surface area contributed by atoms with Crippen LogP contribution < -0.4 is 16.0 Å². The van der Waals surface area contributed by atoms with Crippen LogP contribution in [0.4, 0.5) is 11.4 Å². The monoisotopic (exact) mass is 475 g/mol. The Hall–Kier alpha value is -2.87. The summed E-state index contributed by atoms with van der Waals surface area (Å²) in [6, 6.07) is 12.5. The number of hydrogen-bond donors (Lipinski definition) is 3. The average molecular weight is 476 g/mol. The molecule has 0 unspecified atom stereocenters. The van der Waals surface area contributed by atoms with Gasteiger partial charge in [-0.25, -0.2) is 4.79 Å². The number of ether oxygens (including phenoxy) is 1. The Labute approximate surface area is 184 Å². The number of anilines is 2. The van der Waals surface area contributed by atoms with Gasteiger partial charge in [-0.3, -0.25) is 9.59 Å². The van der Waals surface area contributed by atoms with Gasteiger partial charge >= 0.3 is 5.97 Å². The smallest absolute Gasteiger partial charge is 0.340 e. The molecule has 0 aromatic heterocycles. The maximum atomic E-state index is 12.3. The lowest BCUT2D eigenvalue weighted by atomic mass is 10.1. The number of nitrogens with one attached hydrogen (secondary N) is 3. The van der Waals surface area contributed by atoms with Crippen molar-refractivity contribution in [2.75, 3.05) is 30.3 Å². The molecule has 30 heavy (non-hydrogen) atoms. The van der Waals surface area contributed by atoms with Crippen LogP contribution in [0.3, 0.4) is 0 Å². The second kappa shape index (κ2) is 12.0. The quantitative estimate of drug-likeness (QED) is 0.357. The van der Waals surface area contributed by atoms with Gasteiger partial charge in [0.1, 0.15) is 0 Å². The van der Waals surface area contributed by atoms with Crippen molar-refractivity contribution in [3.63, 3.8) is 0 Å². The molecule has 0 aliphatic heterocycles. The minimum atomic E-state index is -0.598. The summed E-state index contributed by atoms with van der Waals surface area (Å²) in [7, 11) is 0. The molecule has 2 amide bonds. The van der Waals surface area contributed by atoms with E-state index >= 15 is 0 Å². The first kappa shape index (κ1) is 23.4. The fourth-order valence-corrected chi connectivity index (χ4v) is 3.09. The Morgan fingerprint density at radius 1 is 1.03 bits per heavy atom. The molecule has 0 aliphatic carbocycles. The van der Waals surface area contributed by atoms with Crippen molar-refractivity contribution in [3.05, 3.63) is 58.1 Å². The van der Waals surface area contributed by atoms with Gasteiger partial charge < -0.3 is 20.7 Å². The summed E-state index contributed by atoms with van der Waals surface area (Å²) < 4.78 is 6.00. The topological polar surface area (TPSA) is 96.5 Å². The van der Waals surface area contributed by atoms with E-state index in [1.807, 2.05) is 25.1 Å². The predicted molar refractivity (Wildman–Crippen MR) is 121 cm³/mol. The van der Waals surface area contributed by atoms with Crippen LogP contribution in [-0.2, 0) is 14.3 Å². The maximum Gasteiger partial charge on any atom is 0.340 e. The third-order valence-corrected chi connectivity index (χ3v) is 4.73. The molecule has 0 saturated carbocycles. The number of carbonyl (C=O) groups is 3. The Morgan fingerprint density at radius 3 is 2.53 bits per heavy atom. The molecule has 0 fully saturated rings. The van der Waals surface area contributed by atoms with Crippen molar-refractivity contribution in [2.45, 2.75) is 26.7 Å². The molecule has 0 radical (unpaired) electrons. The molecule has 3 N–H and O–H groups in total. The number of benzene rings is 2. The van der Waals surface area contributed by atoms with Gasteiger partial charge in [-0.15, -0.1) is 0 Å². The maximum absolute atomic E-state index is 12.3. The van der Waals surface area contributed by atoms with Gasteiger partial charge in [0.25, 0.3) is 5.91 Å². The number of amides is 2. The van der Waals surface area contributed by atoms with E-state index in [9.17, 15) is 14.4 Å². The minimum absolute atomic E-state index is 0.221. The van der Waals surface area contributed by atoms with Crippen LogP contribution in [-0.4, -0.2) is 37.5 Å². The summed E-state index contributed by atoms with van der Waals surface area (Å²) in [5.74, 6) is -1.52. The number of hydrogen-bond acceptors (Lipinski definition) is 5. The van der Waals surface area contributed by atoms with Gasteiger partial charge in [-0.1, -0.05) is 41.4 Å². The normalized spacial score (nSPS) is 10.2. The molecule has 2 rings (SSSR count). The van der Waals surface area contributed by atoms with Crippen molar-refractivity contribution < 1.29 is 19.1 Å². The molecule has 7 nitrogen and oxygen atoms in total. The van der Waals surface area contributed by atoms with Crippen LogP contribution in [0.25, 0.3) is 0 Å². The number of rotatable bonds is 10. The summed E-state index contributed by atoms with van der Waals surface area (Å²) in [6.45, 7) is 4.01. The van der Waals surface area contributed by atoms with E-state index in [4.69, 9.17) is 4.74 Å². The van der Waals surface area contributed by atoms with Crippen molar-refractivity contribution in [3.8, 4) is 0 Å². The van der Waals surface area contributed by atoms with Crippen molar-refractivity contribution in [2.24, 2.45) is 0 Å². The minimum Gasteiger partial charge on any atom is -0.452 e. The molecule has 2 aromatic carbocycles. The van der Waals surface area contributed by atoms with E-state index < -0.39 is 18.5 Å². The highest BCUT2D eigenvalue weighted by atomic mass is 79.9. The first-order valence-electron chi connectivity index (χ1n) is 9.73. The highest BCUT2D eigenvalue weighted by Gasteiger charge is 2.14. The van der Waals surface area contributed by atoms with E-state index in [1.165, 1.54) is 0 Å². The molecule has 0 saturated heterocycles. The Morgan fingerprint density at radius 2 is 1.80 bits per heavy atom. The van der Waals surface area contributed by atoms with Crippen LogP contribution >= 0.6 is 15.9 Å². The fraction of sp³-hybridized carbons (Fsp3) is 0.318. The Balaban J connectivity index is 1.79. The van der Waals surface area contributed by atoms with Crippen LogP contribution in [0.5, 0.6) is 0 Å². The highest BCUT2D eigenvalue weighted by Crippen LogP contribution is 2.20. The number of esters is 1. The standard InChI is InChI=1S/C22H26BrN3O4/c1-3-4-11-24-19-8-6-5-7-17(19)22(29)30-14-21(28)25-13-20(27)26-18-10-9-16(23)12-15(18)2/h5-10,12,24H,3-4,11,13-14H2,1-2H3,(H,25,28)(H,26,27). The van der Waals surface area contributed by atoms with E-state index in [0.29, 0.717) is 16.9 Å². The summed E-state index contributed by atoms with van der Waals surface area (Å²) in [5, 5.41) is 8.37. The van der Waals surface area contributed by atoms with Crippen LogP contribution in [0.1, 0.15) is 35.7 Å². The zero-order chi connectivity index (χ0) is 21.9. The fourth-order valence-electron chi connectivity index (χ4n) is 2.62. The largest absolute Gasteiger partial charge is 0.452 e. The number of carbonyl (C=O) groups excluding carboxylic acids is 3. The molecule has 0 atom stereocenters. The third kappa shape index (κ3) is 7.51. The van der Waals surface area contributed by atoms with Crippen molar-refractivity contribution in [1.82, 2.24) is 5.32 Å². The molecule has 160 valence electrons. The predicted octanol–water partition coefficient (Wildman–Crippen LogP) is 3.88. The third-order valence-electron chi connectivity index (χ3n) is 4.24. The van der Waals surface area contributed by atoms with E-state index in [1.54, 1.807) is 24.3 Å². The summed E-state index contributed by atoms with van der Waals surface area (Å²) in [6.07, 6.45) is 2.02. The molecule has 0 spiro atoms. The molecular formula is C22H26BrN3O4. The molecule has 0 aliphatic rings. The van der Waals surface area contributed by atoms with Crippen molar-refractivity contribution in [1.29, 1.82) is 0 Å². The van der Waals surface area contributed by atoms with Crippen molar-refractivity contribution >= 4 is 45.1 Å². The summed E-state index contributed by atoms with van der Waals surface area (Å²) >= 11 is 3.36. The van der Waals surface area contributed by atoms with Gasteiger partial charge in [-0.2, -0.15) is 0 Å².